The molecule has 0 bridgehead atoms. The predicted octanol–water partition coefficient (Wildman–Crippen LogP) is 5.68. The zero-order chi connectivity index (χ0) is 20.8. The lowest BCUT2D eigenvalue weighted by Crippen LogP contribution is -2.21. The number of ether oxygens (including phenoxy) is 2. The molecule has 29 heavy (non-hydrogen) atoms. The Balaban J connectivity index is 1.84. The van der Waals surface area contributed by atoms with E-state index in [1.807, 2.05) is 49.4 Å². The molecule has 0 aliphatic heterocycles. The molecule has 1 heterocycles. The highest BCUT2D eigenvalue weighted by Gasteiger charge is 2.25. The zero-order valence-corrected chi connectivity index (χ0v) is 18.4. The summed E-state index contributed by atoms with van der Waals surface area (Å²) in [6.07, 6.45) is 0. The molecule has 7 heteroatoms. The van der Waals surface area contributed by atoms with Crippen LogP contribution in [0.3, 0.4) is 0 Å². The maximum Gasteiger partial charge on any atom is 0.341 e. The minimum Gasteiger partial charge on any atom is -0.484 e. The average molecular weight is 474 g/mol. The number of hydrogen-bond acceptors (Lipinski definition) is 5. The van der Waals surface area contributed by atoms with E-state index < -0.39 is 5.97 Å². The minimum absolute atomic E-state index is 0.170. The fraction of sp³-hybridized carbons (Fsp3) is 0.182. The standard InChI is InChI=1S/C22H20BrNO4S/c1-3-27-22(26)20-19(15-8-5-4-6-9-15)14(2)29-21(20)24-18(25)13-28-17-11-7-10-16(23)12-17/h4-12H,3,13H2,1-2H3,(H,24,25). The zero-order valence-electron chi connectivity index (χ0n) is 16.0. The van der Waals surface area contributed by atoms with Gasteiger partial charge in [-0.05, 0) is 37.6 Å². The van der Waals surface area contributed by atoms with Gasteiger partial charge in [0.25, 0.3) is 5.91 Å². The van der Waals surface area contributed by atoms with Crippen LogP contribution in [0.4, 0.5) is 5.00 Å². The number of rotatable bonds is 7. The number of esters is 1. The van der Waals surface area contributed by atoms with Gasteiger partial charge in [-0.15, -0.1) is 11.3 Å². The van der Waals surface area contributed by atoms with E-state index in [-0.39, 0.29) is 19.1 Å². The molecule has 3 rings (SSSR count). The summed E-state index contributed by atoms with van der Waals surface area (Å²) in [5.41, 5.74) is 2.05. The molecule has 1 N–H and O–H groups in total. The molecule has 5 nitrogen and oxygen atoms in total. The van der Waals surface area contributed by atoms with Gasteiger partial charge in [0.1, 0.15) is 16.3 Å². The van der Waals surface area contributed by atoms with Crippen molar-refractivity contribution in [2.75, 3.05) is 18.5 Å². The number of nitrogens with one attached hydrogen (secondary N) is 1. The normalized spacial score (nSPS) is 10.4. The predicted molar refractivity (Wildman–Crippen MR) is 119 cm³/mol. The van der Waals surface area contributed by atoms with Gasteiger partial charge in [-0.2, -0.15) is 0 Å². The van der Waals surface area contributed by atoms with Crippen molar-refractivity contribution >= 4 is 44.1 Å². The van der Waals surface area contributed by atoms with E-state index in [0.717, 1.165) is 20.5 Å². The first-order chi connectivity index (χ1) is 14.0. The number of halogens is 1. The van der Waals surface area contributed by atoms with Gasteiger partial charge in [-0.1, -0.05) is 52.3 Å². The fourth-order valence-corrected chi connectivity index (χ4v) is 4.31. The van der Waals surface area contributed by atoms with Crippen LogP contribution in [-0.2, 0) is 9.53 Å². The maximum absolute atomic E-state index is 12.7. The van der Waals surface area contributed by atoms with E-state index >= 15 is 0 Å². The van der Waals surface area contributed by atoms with Crippen LogP contribution < -0.4 is 10.1 Å². The number of amides is 1. The topological polar surface area (TPSA) is 64.6 Å². The van der Waals surface area contributed by atoms with Crippen molar-refractivity contribution in [1.82, 2.24) is 0 Å². The van der Waals surface area contributed by atoms with Crippen LogP contribution in [0.15, 0.2) is 59.1 Å². The van der Waals surface area contributed by atoms with Crippen LogP contribution in [0.25, 0.3) is 11.1 Å². The molecular formula is C22H20BrNO4S. The van der Waals surface area contributed by atoms with E-state index in [9.17, 15) is 9.59 Å². The smallest absolute Gasteiger partial charge is 0.341 e. The molecule has 0 fully saturated rings. The summed E-state index contributed by atoms with van der Waals surface area (Å²) in [6, 6.07) is 16.8. The molecule has 0 atom stereocenters. The van der Waals surface area contributed by atoms with Crippen molar-refractivity contribution in [2.24, 2.45) is 0 Å². The van der Waals surface area contributed by atoms with Crippen LogP contribution in [0.1, 0.15) is 22.2 Å². The lowest BCUT2D eigenvalue weighted by Gasteiger charge is -2.10. The van der Waals surface area contributed by atoms with E-state index in [1.165, 1.54) is 11.3 Å². The second-order valence-corrected chi connectivity index (χ2v) is 8.26. The average Bonchev–Trinajstić information content (AvgIpc) is 3.03. The van der Waals surface area contributed by atoms with Gasteiger partial charge in [0.2, 0.25) is 0 Å². The van der Waals surface area contributed by atoms with Gasteiger partial charge in [-0.3, -0.25) is 4.79 Å². The van der Waals surface area contributed by atoms with Crippen LogP contribution >= 0.6 is 27.3 Å². The van der Waals surface area contributed by atoms with Crippen molar-refractivity contribution in [3.05, 3.63) is 69.5 Å². The van der Waals surface area contributed by atoms with Crippen LogP contribution in [-0.4, -0.2) is 25.1 Å². The van der Waals surface area contributed by atoms with Gasteiger partial charge in [-0.25, -0.2) is 4.79 Å². The van der Waals surface area contributed by atoms with E-state index in [1.54, 1.807) is 19.1 Å². The summed E-state index contributed by atoms with van der Waals surface area (Å²) in [7, 11) is 0. The third-order valence-corrected chi connectivity index (χ3v) is 5.56. The first-order valence-corrected chi connectivity index (χ1v) is 10.6. The number of benzene rings is 2. The molecule has 0 saturated heterocycles. The van der Waals surface area contributed by atoms with Crippen LogP contribution in [0, 0.1) is 6.92 Å². The van der Waals surface area contributed by atoms with Gasteiger partial charge in [0, 0.05) is 14.9 Å². The highest BCUT2D eigenvalue weighted by Crippen LogP contribution is 2.40. The monoisotopic (exact) mass is 473 g/mol. The molecule has 150 valence electrons. The Bertz CT molecular complexity index is 1020. The highest BCUT2D eigenvalue weighted by molar-refractivity contribution is 9.10. The Kier molecular flexibility index (Phi) is 7.06. The van der Waals surface area contributed by atoms with Crippen molar-refractivity contribution < 1.29 is 19.1 Å². The SMILES string of the molecule is CCOC(=O)c1c(NC(=O)COc2cccc(Br)c2)sc(C)c1-c1ccccc1. The molecule has 0 spiro atoms. The van der Waals surface area contributed by atoms with Gasteiger partial charge >= 0.3 is 5.97 Å². The summed E-state index contributed by atoms with van der Waals surface area (Å²) in [5, 5.41) is 3.27. The molecule has 1 aromatic heterocycles. The molecule has 0 aliphatic carbocycles. The second kappa shape index (κ2) is 9.71. The third-order valence-electron chi connectivity index (χ3n) is 4.05. The summed E-state index contributed by atoms with van der Waals surface area (Å²) >= 11 is 4.71. The minimum atomic E-state index is -0.459. The number of carbonyl (C=O) groups excluding carboxylic acids is 2. The van der Waals surface area contributed by atoms with Gasteiger partial charge < -0.3 is 14.8 Å². The Labute approximate surface area is 181 Å². The number of carbonyl (C=O) groups is 2. The van der Waals surface area contributed by atoms with Crippen molar-refractivity contribution in [1.29, 1.82) is 0 Å². The Morgan fingerprint density at radius 2 is 1.86 bits per heavy atom. The first-order valence-electron chi connectivity index (χ1n) is 9.03. The Morgan fingerprint density at radius 3 is 2.55 bits per heavy atom. The summed E-state index contributed by atoms with van der Waals surface area (Å²) in [6.45, 7) is 3.75. The second-order valence-electron chi connectivity index (χ2n) is 6.12. The Morgan fingerprint density at radius 1 is 1.10 bits per heavy atom. The molecule has 3 aromatic rings. The summed E-state index contributed by atoms with van der Waals surface area (Å²) in [5.74, 6) is -0.234. The first kappa shape index (κ1) is 21.1. The van der Waals surface area contributed by atoms with E-state index in [2.05, 4.69) is 21.2 Å². The maximum atomic E-state index is 12.7. The molecule has 0 aliphatic rings. The fourth-order valence-electron chi connectivity index (χ4n) is 2.85. The van der Waals surface area contributed by atoms with E-state index in [4.69, 9.17) is 9.47 Å². The lowest BCUT2D eigenvalue weighted by molar-refractivity contribution is -0.118. The molecule has 0 unspecified atom stereocenters. The van der Waals surface area contributed by atoms with E-state index in [0.29, 0.717) is 16.3 Å². The molecular weight excluding hydrogens is 454 g/mol. The molecule has 2 aromatic carbocycles. The van der Waals surface area contributed by atoms with Crippen molar-refractivity contribution in [3.63, 3.8) is 0 Å². The van der Waals surface area contributed by atoms with Crippen molar-refractivity contribution in [2.45, 2.75) is 13.8 Å². The van der Waals surface area contributed by atoms with Crippen LogP contribution in [0.5, 0.6) is 5.75 Å². The third kappa shape index (κ3) is 5.25. The lowest BCUT2D eigenvalue weighted by atomic mass is 10.0. The number of thiophene rings is 1. The molecule has 0 saturated carbocycles. The number of anilines is 1. The van der Waals surface area contributed by atoms with Gasteiger partial charge in [0.15, 0.2) is 6.61 Å². The van der Waals surface area contributed by atoms with Gasteiger partial charge in [0.05, 0.1) is 6.61 Å². The summed E-state index contributed by atoms with van der Waals surface area (Å²) < 4.78 is 11.6. The Hall–Kier alpha value is -2.64. The largest absolute Gasteiger partial charge is 0.484 e. The van der Waals surface area contributed by atoms with Crippen molar-refractivity contribution in [3.8, 4) is 16.9 Å². The summed E-state index contributed by atoms with van der Waals surface area (Å²) in [4.78, 5) is 26.1. The molecule has 0 radical (unpaired) electrons. The highest BCUT2D eigenvalue weighted by atomic mass is 79.9. The quantitative estimate of drug-likeness (QED) is 0.448. The number of hydrogen-bond donors (Lipinski definition) is 1. The molecule has 1 amide bonds. The number of aryl methyl sites for hydroxylation is 1. The van der Waals surface area contributed by atoms with Crippen LogP contribution in [0.2, 0.25) is 0 Å².